The minimum atomic E-state index is -0.159. The van der Waals surface area contributed by atoms with Crippen molar-refractivity contribution in [2.24, 2.45) is 0 Å². The van der Waals surface area contributed by atoms with Gasteiger partial charge in [-0.3, -0.25) is 9.59 Å². The monoisotopic (exact) mass is 298 g/mol. The van der Waals surface area contributed by atoms with Crippen LogP contribution in [0.5, 0.6) is 5.75 Å². The number of aromatic nitrogens is 1. The van der Waals surface area contributed by atoms with Crippen molar-refractivity contribution in [2.75, 3.05) is 6.61 Å². The lowest BCUT2D eigenvalue weighted by Gasteiger charge is -2.25. The van der Waals surface area contributed by atoms with Gasteiger partial charge < -0.3 is 15.0 Å². The Kier molecular flexibility index (Phi) is 4.23. The second-order valence-electron chi connectivity index (χ2n) is 5.37. The molecular formula is C17H18N2O3. The van der Waals surface area contributed by atoms with Crippen molar-refractivity contribution in [1.82, 2.24) is 10.3 Å². The van der Waals surface area contributed by atoms with Crippen LogP contribution in [0.3, 0.4) is 0 Å². The number of pyridine rings is 1. The molecule has 0 unspecified atom stereocenters. The molecule has 1 heterocycles. The van der Waals surface area contributed by atoms with Crippen LogP contribution in [-0.2, 0) is 11.2 Å². The minimum absolute atomic E-state index is 0.0147. The fraction of sp³-hybridized carbons (Fsp3) is 0.294. The normalized spacial score (nSPS) is 16.6. The topological polar surface area (TPSA) is 71.2 Å². The number of hydrogen-bond acceptors (Lipinski definition) is 3. The largest absolute Gasteiger partial charge is 0.484 e. The zero-order chi connectivity index (χ0) is 15.4. The van der Waals surface area contributed by atoms with Gasteiger partial charge in [-0.2, -0.15) is 0 Å². The second-order valence-corrected chi connectivity index (χ2v) is 5.37. The lowest BCUT2D eigenvalue weighted by Crippen LogP contribution is -2.35. The Hall–Kier alpha value is -2.56. The van der Waals surface area contributed by atoms with Crippen molar-refractivity contribution in [1.29, 1.82) is 0 Å². The maximum Gasteiger partial charge on any atom is 0.258 e. The molecule has 3 rings (SSSR count). The van der Waals surface area contributed by atoms with Crippen molar-refractivity contribution >= 4 is 5.91 Å². The van der Waals surface area contributed by atoms with Crippen LogP contribution >= 0.6 is 0 Å². The van der Waals surface area contributed by atoms with Gasteiger partial charge in [-0.05, 0) is 43.0 Å². The number of carbonyl (C=O) groups is 1. The predicted molar refractivity (Wildman–Crippen MR) is 82.8 cm³/mol. The maximum atomic E-state index is 12.1. The van der Waals surface area contributed by atoms with Crippen LogP contribution in [0.1, 0.15) is 30.1 Å². The highest BCUT2D eigenvalue weighted by molar-refractivity contribution is 5.78. The van der Waals surface area contributed by atoms with Gasteiger partial charge in [-0.25, -0.2) is 0 Å². The van der Waals surface area contributed by atoms with Gasteiger partial charge in [0.1, 0.15) is 5.75 Å². The molecule has 1 aromatic carbocycles. The number of aromatic amines is 1. The van der Waals surface area contributed by atoms with E-state index in [1.54, 1.807) is 6.07 Å². The maximum absolute atomic E-state index is 12.1. The SMILES string of the molecule is O=C(COc1ccccc1)N[C@@H]1CCCc2[nH]c(=O)ccc21. The summed E-state index contributed by atoms with van der Waals surface area (Å²) in [7, 11) is 0. The summed E-state index contributed by atoms with van der Waals surface area (Å²) in [6, 6.07) is 12.5. The Bertz CT molecular complexity index is 709. The van der Waals surface area contributed by atoms with E-state index in [0.717, 1.165) is 30.5 Å². The van der Waals surface area contributed by atoms with Gasteiger partial charge in [0.15, 0.2) is 6.61 Å². The summed E-state index contributed by atoms with van der Waals surface area (Å²) in [5, 5.41) is 2.98. The quantitative estimate of drug-likeness (QED) is 0.906. The van der Waals surface area contributed by atoms with E-state index in [4.69, 9.17) is 4.74 Å². The van der Waals surface area contributed by atoms with Gasteiger partial charge >= 0.3 is 0 Å². The highest BCUT2D eigenvalue weighted by Crippen LogP contribution is 2.27. The fourth-order valence-electron chi connectivity index (χ4n) is 2.75. The van der Waals surface area contributed by atoms with Gasteiger partial charge in [0.2, 0.25) is 5.56 Å². The third-order valence-electron chi connectivity index (χ3n) is 3.78. The van der Waals surface area contributed by atoms with Crippen LogP contribution in [0, 0.1) is 0 Å². The zero-order valence-electron chi connectivity index (χ0n) is 12.2. The number of rotatable bonds is 4. The molecule has 0 saturated heterocycles. The molecule has 1 amide bonds. The number of H-pyrrole nitrogens is 1. The Morgan fingerprint density at radius 1 is 1.23 bits per heavy atom. The van der Waals surface area contributed by atoms with E-state index in [0.29, 0.717) is 5.75 Å². The van der Waals surface area contributed by atoms with E-state index in [1.165, 1.54) is 6.07 Å². The molecule has 5 heteroatoms. The van der Waals surface area contributed by atoms with Gasteiger partial charge in [0.05, 0.1) is 6.04 Å². The average Bonchev–Trinajstić information content (AvgIpc) is 2.54. The standard InChI is InChI=1S/C17H18N2O3/c20-16-10-9-13-14(18-16)7-4-8-15(13)19-17(21)11-22-12-5-2-1-3-6-12/h1-3,5-6,9-10,15H,4,7-8,11H2,(H,18,20)(H,19,21)/t15-/m1/s1. The van der Waals surface area contributed by atoms with Gasteiger partial charge in [0, 0.05) is 11.8 Å². The van der Waals surface area contributed by atoms with E-state index in [9.17, 15) is 9.59 Å². The highest BCUT2D eigenvalue weighted by Gasteiger charge is 2.22. The Balaban J connectivity index is 1.62. The lowest BCUT2D eigenvalue weighted by atomic mass is 9.91. The van der Waals surface area contributed by atoms with E-state index < -0.39 is 0 Å². The number of benzene rings is 1. The van der Waals surface area contributed by atoms with Crippen molar-refractivity contribution in [3.05, 3.63) is 64.1 Å². The van der Waals surface area contributed by atoms with E-state index in [1.807, 2.05) is 30.3 Å². The van der Waals surface area contributed by atoms with Crippen LogP contribution in [0.15, 0.2) is 47.3 Å². The summed E-state index contributed by atoms with van der Waals surface area (Å²) in [4.78, 5) is 26.3. The van der Waals surface area contributed by atoms with E-state index in [-0.39, 0.29) is 24.1 Å². The van der Waals surface area contributed by atoms with Crippen molar-refractivity contribution in [3.63, 3.8) is 0 Å². The second kappa shape index (κ2) is 6.47. The number of fused-ring (bicyclic) bond motifs is 1. The predicted octanol–water partition coefficient (Wildman–Crippen LogP) is 1.95. The Labute approximate surface area is 128 Å². The first-order valence-electron chi connectivity index (χ1n) is 7.42. The van der Waals surface area contributed by atoms with Crippen LogP contribution in [-0.4, -0.2) is 17.5 Å². The molecule has 0 saturated carbocycles. The number of aryl methyl sites for hydroxylation is 1. The molecule has 0 bridgehead atoms. The van der Waals surface area contributed by atoms with Crippen LogP contribution in [0.2, 0.25) is 0 Å². The Morgan fingerprint density at radius 2 is 2.05 bits per heavy atom. The number of hydrogen-bond donors (Lipinski definition) is 2. The molecule has 22 heavy (non-hydrogen) atoms. The molecular weight excluding hydrogens is 280 g/mol. The third-order valence-corrected chi connectivity index (χ3v) is 3.78. The molecule has 0 aliphatic heterocycles. The molecule has 114 valence electrons. The minimum Gasteiger partial charge on any atom is -0.484 e. The fourth-order valence-corrected chi connectivity index (χ4v) is 2.75. The molecule has 2 aromatic rings. The molecule has 1 atom stereocenters. The Morgan fingerprint density at radius 3 is 2.86 bits per heavy atom. The first-order valence-corrected chi connectivity index (χ1v) is 7.42. The summed E-state index contributed by atoms with van der Waals surface area (Å²) in [5.74, 6) is 0.513. The number of para-hydroxylation sites is 1. The summed E-state index contributed by atoms with van der Waals surface area (Å²) < 4.78 is 5.45. The number of carbonyl (C=O) groups excluding carboxylic acids is 1. The van der Waals surface area contributed by atoms with Crippen LogP contribution < -0.4 is 15.6 Å². The molecule has 1 aliphatic carbocycles. The summed E-state index contributed by atoms with van der Waals surface area (Å²) in [5.41, 5.74) is 1.82. The summed E-state index contributed by atoms with van der Waals surface area (Å²) in [6.07, 6.45) is 2.66. The smallest absolute Gasteiger partial charge is 0.258 e. The molecule has 0 fully saturated rings. The van der Waals surface area contributed by atoms with Gasteiger partial charge in [0.25, 0.3) is 5.91 Å². The van der Waals surface area contributed by atoms with E-state index >= 15 is 0 Å². The van der Waals surface area contributed by atoms with Crippen molar-refractivity contribution in [2.45, 2.75) is 25.3 Å². The van der Waals surface area contributed by atoms with Crippen molar-refractivity contribution < 1.29 is 9.53 Å². The molecule has 2 N–H and O–H groups in total. The zero-order valence-corrected chi connectivity index (χ0v) is 12.2. The number of amides is 1. The summed E-state index contributed by atoms with van der Waals surface area (Å²) in [6.45, 7) is -0.0147. The molecule has 1 aromatic heterocycles. The molecule has 0 spiro atoms. The third kappa shape index (κ3) is 3.36. The molecule has 1 aliphatic rings. The number of nitrogens with one attached hydrogen (secondary N) is 2. The highest BCUT2D eigenvalue weighted by atomic mass is 16.5. The van der Waals surface area contributed by atoms with Gasteiger partial charge in [-0.15, -0.1) is 0 Å². The lowest BCUT2D eigenvalue weighted by molar-refractivity contribution is -0.123. The number of ether oxygens (including phenoxy) is 1. The van der Waals surface area contributed by atoms with Gasteiger partial charge in [-0.1, -0.05) is 18.2 Å². The first-order chi connectivity index (χ1) is 10.7. The van der Waals surface area contributed by atoms with Crippen molar-refractivity contribution in [3.8, 4) is 5.75 Å². The first kappa shape index (κ1) is 14.4. The van der Waals surface area contributed by atoms with E-state index in [2.05, 4.69) is 10.3 Å². The molecule has 5 nitrogen and oxygen atoms in total. The molecule has 0 radical (unpaired) electrons. The summed E-state index contributed by atoms with van der Waals surface area (Å²) >= 11 is 0. The van der Waals surface area contributed by atoms with Crippen LogP contribution in [0.4, 0.5) is 0 Å². The average molecular weight is 298 g/mol. The van der Waals surface area contributed by atoms with Crippen LogP contribution in [0.25, 0.3) is 0 Å².